The minimum Gasteiger partial charge on any atom is -0.312 e. The van der Waals surface area contributed by atoms with Gasteiger partial charge in [0.25, 0.3) is 0 Å². The summed E-state index contributed by atoms with van der Waals surface area (Å²) in [5.74, 6) is 3.99. The number of nitrogens with zero attached hydrogens (tertiary/aromatic N) is 1. The first kappa shape index (κ1) is 31.5. The zero-order chi connectivity index (χ0) is 31.2. The smallest absolute Gasteiger partial charge is 0.141 e. The van der Waals surface area contributed by atoms with Gasteiger partial charge in [0, 0.05) is 17.1 Å². The molecule has 0 N–H and O–H groups in total. The largest absolute Gasteiger partial charge is 0.312 e. The van der Waals surface area contributed by atoms with Gasteiger partial charge in [-0.1, -0.05) is 108 Å². The molecule has 1 saturated carbocycles. The summed E-state index contributed by atoms with van der Waals surface area (Å²) < 4.78 is 0. The van der Waals surface area contributed by atoms with Crippen molar-refractivity contribution in [2.75, 3.05) is 4.90 Å². The molecule has 6 heteroatoms. The van der Waals surface area contributed by atoms with E-state index >= 15 is 0 Å². The molecule has 1 fully saturated rings. The Morgan fingerprint density at radius 1 is 0.773 bits per heavy atom. The van der Waals surface area contributed by atoms with Crippen LogP contribution in [0.5, 0.6) is 0 Å². The maximum Gasteiger partial charge on any atom is 0.141 e. The van der Waals surface area contributed by atoms with E-state index in [1.54, 1.807) is 6.08 Å². The third kappa shape index (κ3) is 6.58. The van der Waals surface area contributed by atoms with Crippen LogP contribution >= 0.6 is 0 Å². The third-order valence-electron chi connectivity index (χ3n) is 10.1. The van der Waals surface area contributed by atoms with Crippen molar-refractivity contribution in [2.24, 2.45) is 5.92 Å². The van der Waals surface area contributed by atoms with Crippen molar-refractivity contribution < 1.29 is 0 Å². The highest BCUT2D eigenvalue weighted by Gasteiger charge is 2.28. The number of terminal acetylenes is 1. The number of allylic oxidation sites excluding steroid dienone is 4. The van der Waals surface area contributed by atoms with Gasteiger partial charge in [-0.2, -0.15) is 0 Å². The summed E-state index contributed by atoms with van der Waals surface area (Å²) in [5.41, 5.74) is 16.0. The van der Waals surface area contributed by atoms with E-state index in [2.05, 4.69) is 142 Å². The fourth-order valence-corrected chi connectivity index (χ4v) is 7.06. The standard InChI is InChI=1S/C38H42B5N/c1-3-5-6-7-9-14-28-19-22-31(24-32(28)29-16-15-25(4-2)23-29)44(38-36(42)34(40)33(39)35(41)37(38)43)30-20-17-27(18-21-30)26-12-10-8-11-13-26/h1,5-13,17-22,24-25,29H,4,14-16,23,39-43H2,2H3/b6-5-,9-7-/t25-,29+/m0/s1. The number of hydrogen-bond acceptors (Lipinski definition) is 1. The molecule has 4 aromatic carbocycles. The van der Waals surface area contributed by atoms with Crippen molar-refractivity contribution in [3.63, 3.8) is 0 Å². The molecule has 0 aromatic heterocycles. The quantitative estimate of drug-likeness (QED) is 0.169. The second-order valence-corrected chi connectivity index (χ2v) is 12.5. The lowest BCUT2D eigenvalue weighted by atomic mass is 9.61. The van der Waals surface area contributed by atoms with Gasteiger partial charge in [-0.05, 0) is 90.1 Å². The molecule has 4 aromatic rings. The highest BCUT2D eigenvalue weighted by Crippen LogP contribution is 2.43. The topological polar surface area (TPSA) is 3.24 Å². The van der Waals surface area contributed by atoms with Gasteiger partial charge in [0.15, 0.2) is 0 Å². The molecular formula is C38H42B5N. The predicted molar refractivity (Wildman–Crippen MR) is 209 cm³/mol. The summed E-state index contributed by atoms with van der Waals surface area (Å²) in [5, 5.41) is 0. The first-order chi connectivity index (χ1) is 21.3. The molecule has 214 valence electrons. The van der Waals surface area contributed by atoms with Crippen LogP contribution in [0.15, 0.2) is 97.1 Å². The highest BCUT2D eigenvalue weighted by atomic mass is 15.1. The van der Waals surface area contributed by atoms with Crippen molar-refractivity contribution in [3.8, 4) is 23.5 Å². The molecule has 0 bridgehead atoms. The summed E-state index contributed by atoms with van der Waals surface area (Å²) in [7, 11) is 11.4. The Bertz CT molecular complexity index is 1690. The van der Waals surface area contributed by atoms with Crippen LogP contribution in [0.1, 0.15) is 49.7 Å². The van der Waals surface area contributed by atoms with E-state index < -0.39 is 0 Å². The molecule has 2 atom stereocenters. The Labute approximate surface area is 270 Å². The van der Waals surface area contributed by atoms with E-state index in [4.69, 9.17) is 6.42 Å². The second-order valence-electron chi connectivity index (χ2n) is 12.5. The predicted octanol–water partition coefficient (Wildman–Crippen LogP) is 1.70. The summed E-state index contributed by atoms with van der Waals surface area (Å²) in [6.07, 6.45) is 19.5. The average molecular weight is 567 g/mol. The minimum absolute atomic E-state index is 0.593. The van der Waals surface area contributed by atoms with Gasteiger partial charge >= 0.3 is 0 Å². The summed E-state index contributed by atoms with van der Waals surface area (Å²) in [6, 6.07) is 27.0. The lowest BCUT2D eigenvalue weighted by molar-refractivity contribution is 0.521. The van der Waals surface area contributed by atoms with E-state index in [0.717, 1.165) is 12.3 Å². The van der Waals surface area contributed by atoms with Crippen LogP contribution < -0.4 is 32.2 Å². The summed E-state index contributed by atoms with van der Waals surface area (Å²) in [6.45, 7) is 2.35. The van der Waals surface area contributed by atoms with Gasteiger partial charge in [0.05, 0.1) is 0 Å². The third-order valence-corrected chi connectivity index (χ3v) is 10.1. The normalized spacial score (nSPS) is 16.5. The van der Waals surface area contributed by atoms with Crippen molar-refractivity contribution in [2.45, 2.75) is 44.9 Å². The molecular weight excluding hydrogens is 524 g/mol. The molecule has 0 unspecified atom stereocenters. The minimum atomic E-state index is 0.593. The van der Waals surface area contributed by atoms with E-state index in [1.165, 1.54) is 92.3 Å². The molecule has 0 radical (unpaired) electrons. The van der Waals surface area contributed by atoms with Gasteiger partial charge in [-0.25, -0.2) is 0 Å². The lowest BCUT2D eigenvalue weighted by Crippen LogP contribution is -2.56. The zero-order valence-electron chi connectivity index (χ0n) is 27.5. The molecule has 1 aliphatic rings. The maximum atomic E-state index is 5.41. The Morgan fingerprint density at radius 3 is 2.05 bits per heavy atom. The van der Waals surface area contributed by atoms with E-state index in [1.807, 2.05) is 6.08 Å². The Hall–Kier alpha value is -3.96. The molecule has 0 spiro atoms. The Morgan fingerprint density at radius 2 is 1.41 bits per heavy atom. The van der Waals surface area contributed by atoms with Crippen LogP contribution in [0.2, 0.25) is 0 Å². The van der Waals surface area contributed by atoms with Gasteiger partial charge in [0.2, 0.25) is 0 Å². The maximum absolute atomic E-state index is 5.41. The lowest BCUT2D eigenvalue weighted by Gasteiger charge is -2.33. The van der Waals surface area contributed by atoms with Crippen LogP contribution in [-0.2, 0) is 6.42 Å². The molecule has 0 amide bonds. The second kappa shape index (κ2) is 14.2. The van der Waals surface area contributed by atoms with Crippen molar-refractivity contribution in [1.29, 1.82) is 0 Å². The number of anilines is 3. The first-order valence-electron chi connectivity index (χ1n) is 16.3. The van der Waals surface area contributed by atoms with Crippen molar-refractivity contribution in [1.82, 2.24) is 0 Å². The molecule has 0 heterocycles. The average Bonchev–Trinajstić information content (AvgIpc) is 3.55. The zero-order valence-corrected chi connectivity index (χ0v) is 27.5. The highest BCUT2D eigenvalue weighted by molar-refractivity contribution is 6.69. The van der Waals surface area contributed by atoms with Gasteiger partial charge in [-0.3, -0.25) is 0 Å². The summed E-state index contributed by atoms with van der Waals surface area (Å²) >= 11 is 0. The first-order valence-corrected chi connectivity index (χ1v) is 16.3. The van der Waals surface area contributed by atoms with E-state index in [0.29, 0.717) is 5.92 Å². The molecule has 5 rings (SSSR count). The number of benzene rings is 4. The van der Waals surface area contributed by atoms with Crippen molar-refractivity contribution in [3.05, 3.63) is 108 Å². The van der Waals surface area contributed by atoms with Crippen LogP contribution in [0.25, 0.3) is 11.1 Å². The van der Waals surface area contributed by atoms with Crippen LogP contribution in [0.3, 0.4) is 0 Å². The van der Waals surface area contributed by atoms with Gasteiger partial charge < -0.3 is 4.90 Å². The summed E-state index contributed by atoms with van der Waals surface area (Å²) in [4.78, 5) is 2.52. The molecule has 44 heavy (non-hydrogen) atoms. The molecule has 0 aliphatic heterocycles. The monoisotopic (exact) mass is 567 g/mol. The molecule has 1 nitrogen and oxygen atoms in total. The SMILES string of the molecule is Bc1c(B)c(B)c(N(c2ccc(-c3ccccc3)cc2)c2ccc(C/C=C\C=C/C#C)c([C@@H]3CC[C@H](CC)C3)c2)c(B)c1B. The molecule has 1 aliphatic carbocycles. The Kier molecular flexibility index (Phi) is 10.2. The van der Waals surface area contributed by atoms with Crippen molar-refractivity contribution >= 4 is 83.6 Å². The van der Waals surface area contributed by atoms with E-state index in [-0.39, 0.29) is 0 Å². The van der Waals surface area contributed by atoms with Gasteiger partial charge in [0.1, 0.15) is 39.2 Å². The Balaban J connectivity index is 1.67. The fourth-order valence-electron chi connectivity index (χ4n) is 7.06. The fraction of sp³-hybridized carbons (Fsp3) is 0.211. The van der Waals surface area contributed by atoms with Gasteiger partial charge in [-0.15, -0.1) is 11.9 Å². The van der Waals surface area contributed by atoms with E-state index in [9.17, 15) is 0 Å². The number of rotatable bonds is 9. The number of hydrogen-bond donors (Lipinski definition) is 0. The van der Waals surface area contributed by atoms with Crippen LogP contribution in [0, 0.1) is 18.3 Å². The van der Waals surface area contributed by atoms with Crippen LogP contribution in [-0.4, -0.2) is 39.2 Å². The molecule has 0 saturated heterocycles. The van der Waals surface area contributed by atoms with Crippen LogP contribution in [0.4, 0.5) is 17.1 Å².